The molecule has 0 aliphatic carbocycles. The van der Waals surface area contributed by atoms with E-state index in [0.29, 0.717) is 5.15 Å². The number of rotatable bonds is 4. The lowest BCUT2D eigenvalue weighted by Crippen LogP contribution is -2.08. The number of nitrogens with one attached hydrogen (secondary N) is 1. The highest BCUT2D eigenvalue weighted by Crippen LogP contribution is 2.23. The van der Waals surface area contributed by atoms with E-state index in [1.807, 2.05) is 25.1 Å². The van der Waals surface area contributed by atoms with Crippen molar-refractivity contribution in [1.29, 1.82) is 0 Å². The molecule has 0 radical (unpaired) electrons. The standard InChI is InChI=1S/C15H18ClN3/c1-10(2)14-18-13(16)11(3)15(19-14)17-9-12-7-5-4-6-8-12/h4-8,10H,9H2,1-3H3,(H,17,18,19). The van der Waals surface area contributed by atoms with Crippen LogP contribution in [0.5, 0.6) is 0 Å². The Labute approximate surface area is 119 Å². The first-order valence-electron chi connectivity index (χ1n) is 6.39. The van der Waals surface area contributed by atoms with E-state index < -0.39 is 0 Å². The van der Waals surface area contributed by atoms with Gasteiger partial charge in [-0.2, -0.15) is 0 Å². The summed E-state index contributed by atoms with van der Waals surface area (Å²) < 4.78 is 0. The summed E-state index contributed by atoms with van der Waals surface area (Å²) in [7, 11) is 0. The van der Waals surface area contributed by atoms with Gasteiger partial charge in [0.05, 0.1) is 0 Å². The van der Waals surface area contributed by atoms with Gasteiger partial charge in [-0.3, -0.25) is 0 Å². The average Bonchev–Trinajstić information content (AvgIpc) is 2.41. The summed E-state index contributed by atoms with van der Waals surface area (Å²) in [4.78, 5) is 8.84. The Morgan fingerprint density at radius 1 is 1.16 bits per heavy atom. The van der Waals surface area contributed by atoms with E-state index in [-0.39, 0.29) is 5.92 Å². The summed E-state index contributed by atoms with van der Waals surface area (Å²) in [5, 5.41) is 3.85. The van der Waals surface area contributed by atoms with Crippen LogP contribution < -0.4 is 5.32 Å². The van der Waals surface area contributed by atoms with Crippen LogP contribution in [0.3, 0.4) is 0 Å². The molecule has 0 bridgehead atoms. The van der Waals surface area contributed by atoms with Crippen molar-refractivity contribution in [3.63, 3.8) is 0 Å². The van der Waals surface area contributed by atoms with Gasteiger partial charge < -0.3 is 5.32 Å². The summed E-state index contributed by atoms with van der Waals surface area (Å²) in [6, 6.07) is 10.2. The van der Waals surface area contributed by atoms with Crippen LogP contribution in [-0.4, -0.2) is 9.97 Å². The maximum atomic E-state index is 6.15. The van der Waals surface area contributed by atoms with Gasteiger partial charge >= 0.3 is 0 Å². The molecule has 0 aliphatic heterocycles. The molecule has 0 atom stereocenters. The number of anilines is 1. The van der Waals surface area contributed by atoms with Gasteiger partial charge in [0, 0.05) is 18.0 Å². The third-order valence-corrected chi connectivity index (χ3v) is 3.29. The minimum Gasteiger partial charge on any atom is -0.366 e. The second-order valence-electron chi connectivity index (χ2n) is 4.84. The molecular formula is C15H18ClN3. The minimum atomic E-state index is 0.260. The molecule has 0 spiro atoms. The van der Waals surface area contributed by atoms with Crippen molar-refractivity contribution in [2.24, 2.45) is 0 Å². The molecule has 0 saturated carbocycles. The van der Waals surface area contributed by atoms with Gasteiger partial charge in [-0.15, -0.1) is 0 Å². The van der Waals surface area contributed by atoms with Gasteiger partial charge in [0.15, 0.2) is 0 Å². The van der Waals surface area contributed by atoms with Crippen LogP contribution in [0.1, 0.15) is 36.7 Å². The van der Waals surface area contributed by atoms with E-state index in [1.165, 1.54) is 5.56 Å². The number of hydrogen-bond donors (Lipinski definition) is 1. The van der Waals surface area contributed by atoms with E-state index in [9.17, 15) is 0 Å². The van der Waals surface area contributed by atoms with Gasteiger partial charge in [-0.1, -0.05) is 55.8 Å². The van der Waals surface area contributed by atoms with Crippen LogP contribution in [0.25, 0.3) is 0 Å². The van der Waals surface area contributed by atoms with Gasteiger partial charge in [0.25, 0.3) is 0 Å². The van der Waals surface area contributed by atoms with Gasteiger partial charge in [0.1, 0.15) is 16.8 Å². The van der Waals surface area contributed by atoms with Crippen LogP contribution in [-0.2, 0) is 6.54 Å². The fourth-order valence-corrected chi connectivity index (χ4v) is 1.89. The van der Waals surface area contributed by atoms with Crippen LogP contribution in [0, 0.1) is 6.92 Å². The molecular weight excluding hydrogens is 258 g/mol. The second kappa shape index (κ2) is 6.02. The molecule has 2 aromatic rings. The summed E-state index contributed by atoms with van der Waals surface area (Å²) in [5.74, 6) is 1.84. The van der Waals surface area contributed by atoms with Crippen molar-refractivity contribution >= 4 is 17.4 Å². The van der Waals surface area contributed by atoms with Gasteiger partial charge in [0.2, 0.25) is 0 Å². The third-order valence-electron chi connectivity index (χ3n) is 2.92. The Balaban J connectivity index is 2.20. The lowest BCUT2D eigenvalue weighted by atomic mass is 10.2. The zero-order chi connectivity index (χ0) is 13.8. The Hall–Kier alpha value is -1.61. The number of halogens is 1. The molecule has 3 nitrogen and oxygen atoms in total. The zero-order valence-electron chi connectivity index (χ0n) is 11.4. The maximum absolute atomic E-state index is 6.15. The van der Waals surface area contributed by atoms with Crippen molar-refractivity contribution in [2.75, 3.05) is 5.32 Å². The fraction of sp³-hybridized carbons (Fsp3) is 0.333. The molecule has 1 heterocycles. The molecule has 1 aromatic carbocycles. The van der Waals surface area contributed by atoms with Crippen LogP contribution in [0.15, 0.2) is 30.3 Å². The minimum absolute atomic E-state index is 0.260. The van der Waals surface area contributed by atoms with Crippen molar-refractivity contribution in [2.45, 2.75) is 33.2 Å². The van der Waals surface area contributed by atoms with Crippen molar-refractivity contribution in [1.82, 2.24) is 9.97 Å². The van der Waals surface area contributed by atoms with E-state index in [1.54, 1.807) is 0 Å². The highest BCUT2D eigenvalue weighted by Gasteiger charge is 2.11. The van der Waals surface area contributed by atoms with Crippen LogP contribution in [0.2, 0.25) is 5.15 Å². The summed E-state index contributed by atoms with van der Waals surface area (Å²) >= 11 is 6.15. The highest BCUT2D eigenvalue weighted by molar-refractivity contribution is 6.30. The molecule has 0 unspecified atom stereocenters. The van der Waals surface area contributed by atoms with Gasteiger partial charge in [-0.25, -0.2) is 9.97 Å². The number of nitrogens with zero attached hydrogens (tertiary/aromatic N) is 2. The molecule has 0 amide bonds. The van der Waals surface area contributed by atoms with Crippen molar-refractivity contribution in [3.05, 3.63) is 52.4 Å². The molecule has 100 valence electrons. The zero-order valence-corrected chi connectivity index (χ0v) is 12.2. The fourth-order valence-electron chi connectivity index (χ4n) is 1.72. The average molecular weight is 276 g/mol. The Morgan fingerprint density at radius 3 is 2.47 bits per heavy atom. The smallest absolute Gasteiger partial charge is 0.137 e. The molecule has 4 heteroatoms. The second-order valence-corrected chi connectivity index (χ2v) is 5.20. The lowest BCUT2D eigenvalue weighted by Gasteiger charge is -2.13. The van der Waals surface area contributed by atoms with E-state index in [0.717, 1.165) is 23.8 Å². The third kappa shape index (κ3) is 3.44. The molecule has 2 rings (SSSR count). The quantitative estimate of drug-likeness (QED) is 0.851. The summed E-state index contributed by atoms with van der Waals surface area (Å²) in [6.45, 7) is 6.77. The Bertz CT molecular complexity index is 553. The normalized spacial score (nSPS) is 10.8. The lowest BCUT2D eigenvalue weighted by molar-refractivity contribution is 0.771. The molecule has 0 aliphatic rings. The predicted molar refractivity (Wildman–Crippen MR) is 79.6 cm³/mol. The molecule has 19 heavy (non-hydrogen) atoms. The maximum Gasteiger partial charge on any atom is 0.137 e. The predicted octanol–water partition coefficient (Wildman–Crippen LogP) is 4.17. The van der Waals surface area contributed by atoms with E-state index in [4.69, 9.17) is 11.6 Å². The van der Waals surface area contributed by atoms with Crippen molar-refractivity contribution in [3.8, 4) is 0 Å². The summed E-state index contributed by atoms with van der Waals surface area (Å²) in [5.41, 5.74) is 2.10. The monoisotopic (exact) mass is 275 g/mol. The largest absolute Gasteiger partial charge is 0.366 e. The molecule has 1 aromatic heterocycles. The molecule has 0 fully saturated rings. The first-order chi connectivity index (χ1) is 9.08. The first-order valence-corrected chi connectivity index (χ1v) is 6.77. The SMILES string of the molecule is Cc1c(Cl)nc(C(C)C)nc1NCc1ccccc1. The van der Waals surface area contributed by atoms with E-state index >= 15 is 0 Å². The number of aromatic nitrogens is 2. The Kier molecular flexibility index (Phi) is 4.38. The molecule has 0 saturated heterocycles. The topological polar surface area (TPSA) is 37.8 Å². The number of hydrogen-bond acceptors (Lipinski definition) is 3. The summed E-state index contributed by atoms with van der Waals surface area (Å²) in [6.07, 6.45) is 0. The van der Waals surface area contributed by atoms with Crippen LogP contribution >= 0.6 is 11.6 Å². The highest BCUT2D eigenvalue weighted by atomic mass is 35.5. The van der Waals surface area contributed by atoms with E-state index in [2.05, 4.69) is 41.3 Å². The van der Waals surface area contributed by atoms with Crippen molar-refractivity contribution < 1.29 is 0 Å². The van der Waals surface area contributed by atoms with Gasteiger partial charge in [-0.05, 0) is 12.5 Å². The first kappa shape index (κ1) is 13.8. The number of benzene rings is 1. The Morgan fingerprint density at radius 2 is 1.84 bits per heavy atom. The van der Waals surface area contributed by atoms with Crippen LogP contribution in [0.4, 0.5) is 5.82 Å². The molecule has 1 N–H and O–H groups in total.